The quantitative estimate of drug-likeness (QED) is 0.739. The first-order valence-electron chi connectivity index (χ1n) is 10.0. The minimum absolute atomic E-state index is 0.0502. The van der Waals surface area contributed by atoms with E-state index in [1.54, 1.807) is 6.07 Å². The van der Waals surface area contributed by atoms with Gasteiger partial charge in [0.05, 0.1) is 6.04 Å². The van der Waals surface area contributed by atoms with Gasteiger partial charge in [0.1, 0.15) is 0 Å². The Kier molecular flexibility index (Phi) is 4.58. The van der Waals surface area contributed by atoms with Crippen LogP contribution in [0.1, 0.15) is 46.3 Å². The Bertz CT molecular complexity index is 1050. The van der Waals surface area contributed by atoms with Gasteiger partial charge in [-0.3, -0.25) is 4.79 Å². The standard InChI is InChI=1S/C23H22N2O5/c26-21(27)8-9-24-23(28)14-4-6-18-17(10-14)15-2-1-3-16(15)22(25-18)13-5-7-19-20(11-13)30-12-29-19/h1-2,4-7,10-11,15-16,22,25H,3,8-9,12H2,(H,24,28)(H,26,27)/p-1/t15-,16-,22+/m0/s1. The monoisotopic (exact) mass is 405 g/mol. The van der Waals surface area contributed by atoms with Crippen LogP contribution >= 0.6 is 0 Å². The van der Waals surface area contributed by atoms with E-state index in [2.05, 4.69) is 28.9 Å². The zero-order chi connectivity index (χ0) is 20.7. The van der Waals surface area contributed by atoms with Crippen molar-refractivity contribution in [2.24, 2.45) is 5.92 Å². The highest BCUT2D eigenvalue weighted by atomic mass is 16.7. The van der Waals surface area contributed by atoms with E-state index in [9.17, 15) is 14.7 Å². The average molecular weight is 405 g/mol. The third kappa shape index (κ3) is 3.26. The predicted molar refractivity (Wildman–Crippen MR) is 107 cm³/mol. The van der Waals surface area contributed by atoms with Crippen LogP contribution < -0.4 is 25.2 Å². The Morgan fingerprint density at radius 1 is 1.13 bits per heavy atom. The molecule has 0 fully saturated rings. The summed E-state index contributed by atoms with van der Waals surface area (Å²) in [6, 6.07) is 11.8. The lowest BCUT2D eigenvalue weighted by Gasteiger charge is -2.37. The van der Waals surface area contributed by atoms with E-state index in [0.717, 1.165) is 34.7 Å². The maximum atomic E-state index is 12.4. The molecule has 0 spiro atoms. The van der Waals surface area contributed by atoms with Crippen LogP contribution in [0.2, 0.25) is 0 Å². The highest BCUT2D eigenvalue weighted by Crippen LogP contribution is 2.50. The number of amides is 1. The molecule has 1 amide bonds. The summed E-state index contributed by atoms with van der Waals surface area (Å²) in [5.74, 6) is 0.604. The Hall–Kier alpha value is -3.48. The molecule has 0 aromatic heterocycles. The highest BCUT2D eigenvalue weighted by molar-refractivity contribution is 5.95. The second-order valence-corrected chi connectivity index (χ2v) is 7.77. The molecule has 2 aliphatic heterocycles. The number of nitrogens with one attached hydrogen (secondary N) is 2. The normalized spacial score (nSPS) is 22.7. The maximum absolute atomic E-state index is 12.4. The zero-order valence-electron chi connectivity index (χ0n) is 16.2. The van der Waals surface area contributed by atoms with Gasteiger partial charge in [0.2, 0.25) is 6.79 Å². The fourth-order valence-corrected chi connectivity index (χ4v) is 4.55. The second kappa shape index (κ2) is 7.40. The third-order valence-corrected chi connectivity index (χ3v) is 6.00. The summed E-state index contributed by atoms with van der Waals surface area (Å²) in [6.45, 7) is 0.301. The average Bonchev–Trinajstić information content (AvgIpc) is 3.41. The van der Waals surface area contributed by atoms with Crippen molar-refractivity contribution in [3.8, 4) is 11.5 Å². The Labute approximate surface area is 173 Å². The van der Waals surface area contributed by atoms with Crippen molar-refractivity contribution in [2.45, 2.75) is 24.8 Å². The minimum atomic E-state index is -1.18. The summed E-state index contributed by atoms with van der Waals surface area (Å²) >= 11 is 0. The van der Waals surface area contributed by atoms with E-state index in [0.29, 0.717) is 11.5 Å². The molecule has 2 aromatic carbocycles. The topological polar surface area (TPSA) is 99.7 Å². The molecule has 0 bridgehead atoms. The van der Waals surface area contributed by atoms with Gasteiger partial charge in [-0.15, -0.1) is 0 Å². The van der Waals surface area contributed by atoms with Crippen molar-refractivity contribution in [2.75, 3.05) is 18.7 Å². The number of benzene rings is 2. The number of anilines is 1. The van der Waals surface area contributed by atoms with Crippen molar-refractivity contribution in [3.63, 3.8) is 0 Å². The number of fused-ring (bicyclic) bond motifs is 4. The number of rotatable bonds is 5. The van der Waals surface area contributed by atoms with Gasteiger partial charge in [0.15, 0.2) is 11.5 Å². The first-order valence-corrected chi connectivity index (χ1v) is 10.0. The fraction of sp³-hybridized carbons (Fsp3) is 0.304. The Morgan fingerprint density at radius 3 is 2.87 bits per heavy atom. The van der Waals surface area contributed by atoms with E-state index in [1.807, 2.05) is 24.3 Å². The van der Waals surface area contributed by atoms with Crippen LogP contribution in [0.5, 0.6) is 11.5 Å². The summed E-state index contributed by atoms with van der Waals surface area (Å²) in [7, 11) is 0. The lowest BCUT2D eigenvalue weighted by atomic mass is 9.76. The van der Waals surface area contributed by atoms with Crippen LogP contribution in [0.4, 0.5) is 5.69 Å². The number of ether oxygens (including phenoxy) is 2. The van der Waals surface area contributed by atoms with Crippen LogP contribution in [0, 0.1) is 5.92 Å². The van der Waals surface area contributed by atoms with Gasteiger partial charge in [-0.2, -0.15) is 0 Å². The highest BCUT2D eigenvalue weighted by Gasteiger charge is 2.38. The molecule has 0 unspecified atom stereocenters. The Balaban J connectivity index is 1.41. The van der Waals surface area contributed by atoms with Crippen LogP contribution in [-0.2, 0) is 4.79 Å². The largest absolute Gasteiger partial charge is 0.550 e. The van der Waals surface area contributed by atoms with E-state index in [1.165, 1.54) is 0 Å². The first kappa shape index (κ1) is 18.5. The molecule has 0 radical (unpaired) electrons. The number of hydrogen-bond acceptors (Lipinski definition) is 6. The lowest BCUT2D eigenvalue weighted by Crippen LogP contribution is -2.32. The molecule has 0 saturated carbocycles. The summed E-state index contributed by atoms with van der Waals surface area (Å²) in [4.78, 5) is 23.0. The van der Waals surface area contributed by atoms with Gasteiger partial charge >= 0.3 is 0 Å². The van der Waals surface area contributed by atoms with Gasteiger partial charge in [-0.05, 0) is 53.8 Å². The van der Waals surface area contributed by atoms with Gasteiger partial charge in [-0.1, -0.05) is 18.2 Å². The molecule has 7 heteroatoms. The van der Waals surface area contributed by atoms with E-state index < -0.39 is 5.97 Å². The summed E-state index contributed by atoms with van der Waals surface area (Å²) in [5.41, 5.74) is 3.75. The van der Waals surface area contributed by atoms with E-state index in [-0.39, 0.29) is 37.6 Å². The van der Waals surface area contributed by atoms with Gasteiger partial charge in [-0.25, -0.2) is 0 Å². The molecule has 3 aliphatic rings. The number of hydrogen-bond donors (Lipinski definition) is 2. The molecule has 1 aliphatic carbocycles. The van der Waals surface area contributed by atoms with Crippen LogP contribution in [0.25, 0.3) is 0 Å². The molecular formula is C23H21N2O5-. The predicted octanol–water partition coefficient (Wildman–Crippen LogP) is 2.11. The summed E-state index contributed by atoms with van der Waals surface area (Å²) in [6.07, 6.45) is 5.14. The van der Waals surface area contributed by atoms with Crippen molar-refractivity contribution < 1.29 is 24.2 Å². The molecule has 2 N–H and O–H groups in total. The smallest absolute Gasteiger partial charge is 0.251 e. The maximum Gasteiger partial charge on any atom is 0.251 e. The molecule has 5 rings (SSSR count). The molecule has 2 aromatic rings. The van der Waals surface area contributed by atoms with Gasteiger partial charge < -0.3 is 30.0 Å². The first-order chi connectivity index (χ1) is 14.6. The van der Waals surface area contributed by atoms with Crippen molar-refractivity contribution in [1.82, 2.24) is 5.32 Å². The number of carbonyl (C=O) groups is 2. The molecule has 7 nitrogen and oxygen atoms in total. The van der Waals surface area contributed by atoms with Crippen molar-refractivity contribution in [1.29, 1.82) is 0 Å². The van der Waals surface area contributed by atoms with Crippen LogP contribution in [0.3, 0.4) is 0 Å². The molecular weight excluding hydrogens is 384 g/mol. The molecule has 30 heavy (non-hydrogen) atoms. The molecule has 154 valence electrons. The zero-order valence-corrected chi connectivity index (χ0v) is 16.2. The Morgan fingerprint density at radius 2 is 2.00 bits per heavy atom. The van der Waals surface area contributed by atoms with Gasteiger partial charge in [0, 0.05) is 36.1 Å². The number of allylic oxidation sites excluding steroid dienone is 2. The van der Waals surface area contributed by atoms with E-state index in [4.69, 9.17) is 9.47 Å². The summed E-state index contributed by atoms with van der Waals surface area (Å²) in [5, 5.41) is 16.8. The number of carboxylic acid groups (broad SMARTS) is 1. The minimum Gasteiger partial charge on any atom is -0.550 e. The number of carbonyl (C=O) groups excluding carboxylic acids is 2. The molecule has 2 heterocycles. The van der Waals surface area contributed by atoms with Crippen LogP contribution in [0.15, 0.2) is 48.6 Å². The summed E-state index contributed by atoms with van der Waals surface area (Å²) < 4.78 is 11.0. The van der Waals surface area contributed by atoms with Crippen molar-refractivity contribution in [3.05, 3.63) is 65.2 Å². The molecule has 3 atom stereocenters. The molecule has 0 saturated heterocycles. The van der Waals surface area contributed by atoms with E-state index >= 15 is 0 Å². The fourth-order valence-electron chi connectivity index (χ4n) is 4.55. The van der Waals surface area contributed by atoms with Gasteiger partial charge in [0.25, 0.3) is 5.91 Å². The number of aliphatic carboxylic acids is 1. The second-order valence-electron chi connectivity index (χ2n) is 7.77. The number of carboxylic acids is 1. The van der Waals surface area contributed by atoms with Crippen LogP contribution in [-0.4, -0.2) is 25.2 Å². The SMILES string of the molecule is O=C([O-])CCNC(=O)c1ccc2c(c1)[C@H]1C=CC[C@@H]1[C@@H](c1ccc3c(c1)OCO3)N2. The van der Waals surface area contributed by atoms with Crippen molar-refractivity contribution >= 4 is 17.6 Å². The third-order valence-electron chi connectivity index (χ3n) is 6.00. The lowest BCUT2D eigenvalue weighted by molar-refractivity contribution is -0.305.